The third-order valence-electron chi connectivity index (χ3n) is 3.59. The molecule has 4 nitrogen and oxygen atoms in total. The zero-order valence-electron chi connectivity index (χ0n) is 11.9. The molecule has 0 spiro atoms. The molecule has 3 aromatic rings. The third-order valence-corrected chi connectivity index (χ3v) is 3.59. The van der Waals surface area contributed by atoms with Gasteiger partial charge in [-0.15, -0.1) is 0 Å². The Labute approximate surface area is 122 Å². The molecule has 2 aromatic carbocycles. The highest BCUT2D eigenvalue weighted by Gasteiger charge is 2.16. The molecule has 1 atom stereocenters. The van der Waals surface area contributed by atoms with E-state index in [-0.39, 0.29) is 11.6 Å². The fourth-order valence-electron chi connectivity index (χ4n) is 2.41. The van der Waals surface area contributed by atoms with Gasteiger partial charge in [-0.05, 0) is 30.7 Å². The van der Waals surface area contributed by atoms with E-state index in [0.29, 0.717) is 16.7 Å². The number of para-hydroxylation sites is 2. The van der Waals surface area contributed by atoms with E-state index in [2.05, 4.69) is 4.98 Å². The minimum atomic E-state index is -0.275. The second-order valence-corrected chi connectivity index (χ2v) is 4.98. The van der Waals surface area contributed by atoms with Crippen LogP contribution in [-0.4, -0.2) is 9.55 Å². The van der Waals surface area contributed by atoms with Crippen LogP contribution >= 0.6 is 0 Å². The molecule has 1 aromatic heterocycles. The number of fused-ring (bicyclic) bond motifs is 1. The number of rotatable bonds is 3. The van der Waals surface area contributed by atoms with E-state index in [1.807, 2.05) is 55.5 Å². The number of aromatic nitrogens is 2. The highest BCUT2D eigenvalue weighted by Crippen LogP contribution is 2.18. The predicted molar refractivity (Wildman–Crippen MR) is 84.6 cm³/mol. The van der Waals surface area contributed by atoms with Crippen molar-refractivity contribution in [3.05, 3.63) is 70.8 Å². The lowest BCUT2D eigenvalue weighted by Crippen LogP contribution is -2.28. The van der Waals surface area contributed by atoms with Crippen molar-refractivity contribution in [1.29, 1.82) is 0 Å². The molecule has 0 fully saturated rings. The molecule has 0 unspecified atom stereocenters. The first kappa shape index (κ1) is 13.5. The molecule has 3 rings (SSSR count). The van der Waals surface area contributed by atoms with E-state index in [4.69, 9.17) is 5.73 Å². The summed E-state index contributed by atoms with van der Waals surface area (Å²) in [5.74, 6) is 0.604. The zero-order valence-corrected chi connectivity index (χ0v) is 11.9. The third kappa shape index (κ3) is 2.34. The Morgan fingerprint density at radius 3 is 2.48 bits per heavy atom. The van der Waals surface area contributed by atoms with Crippen LogP contribution in [0.5, 0.6) is 0 Å². The van der Waals surface area contributed by atoms with E-state index in [1.165, 1.54) is 0 Å². The molecular formula is C17H17N3O. The smallest absolute Gasteiger partial charge is 0.266 e. The molecule has 4 heteroatoms. The summed E-state index contributed by atoms with van der Waals surface area (Å²) in [7, 11) is 0. The highest BCUT2D eigenvalue weighted by atomic mass is 16.1. The van der Waals surface area contributed by atoms with Gasteiger partial charge in [-0.2, -0.15) is 0 Å². The standard InChI is InChI=1S/C17H17N3O/c1-2-14(18)16-19-15-11-7-6-10-13(15)17(21)20(16)12-8-4-3-5-9-12/h3-11,14H,2,18H2,1H3/t14-/m0/s1. The van der Waals surface area contributed by atoms with Crippen molar-refractivity contribution in [2.75, 3.05) is 0 Å². The predicted octanol–water partition coefficient (Wildman–Crippen LogP) is 2.80. The first-order valence-corrected chi connectivity index (χ1v) is 7.05. The maximum absolute atomic E-state index is 12.8. The molecule has 0 saturated carbocycles. The van der Waals surface area contributed by atoms with E-state index in [1.54, 1.807) is 10.6 Å². The van der Waals surface area contributed by atoms with Gasteiger partial charge in [0.1, 0.15) is 5.82 Å². The molecule has 0 radical (unpaired) electrons. The minimum absolute atomic E-state index is 0.0781. The van der Waals surface area contributed by atoms with Crippen LogP contribution in [0, 0.1) is 0 Å². The SMILES string of the molecule is CC[C@H](N)c1nc2ccccc2c(=O)n1-c1ccccc1. The van der Waals surface area contributed by atoms with Crippen molar-refractivity contribution in [3.8, 4) is 5.69 Å². The van der Waals surface area contributed by atoms with Crippen LogP contribution in [0.25, 0.3) is 16.6 Å². The fraction of sp³-hybridized carbons (Fsp3) is 0.176. The summed E-state index contributed by atoms with van der Waals surface area (Å²) >= 11 is 0. The van der Waals surface area contributed by atoms with Gasteiger partial charge in [-0.3, -0.25) is 9.36 Å². The summed E-state index contributed by atoms with van der Waals surface area (Å²) < 4.78 is 1.62. The van der Waals surface area contributed by atoms with Gasteiger partial charge in [0.25, 0.3) is 5.56 Å². The van der Waals surface area contributed by atoms with Crippen molar-refractivity contribution in [2.45, 2.75) is 19.4 Å². The monoisotopic (exact) mass is 279 g/mol. The topological polar surface area (TPSA) is 60.9 Å². The summed E-state index contributed by atoms with van der Waals surface area (Å²) in [6.07, 6.45) is 0.720. The van der Waals surface area contributed by atoms with Crippen LogP contribution < -0.4 is 11.3 Å². The quantitative estimate of drug-likeness (QED) is 0.802. The molecule has 2 N–H and O–H groups in total. The maximum atomic E-state index is 12.8. The van der Waals surface area contributed by atoms with Gasteiger partial charge in [-0.1, -0.05) is 37.3 Å². The summed E-state index contributed by atoms with van der Waals surface area (Å²) in [5.41, 5.74) is 7.57. The Kier molecular flexibility index (Phi) is 3.54. The largest absolute Gasteiger partial charge is 0.321 e. The van der Waals surface area contributed by atoms with Gasteiger partial charge < -0.3 is 5.73 Å². The Bertz CT molecular complexity index is 824. The van der Waals surface area contributed by atoms with Crippen molar-refractivity contribution >= 4 is 10.9 Å². The molecule has 0 aliphatic carbocycles. The van der Waals surface area contributed by atoms with Crippen molar-refractivity contribution in [1.82, 2.24) is 9.55 Å². The number of nitrogens with zero attached hydrogens (tertiary/aromatic N) is 2. The molecule has 106 valence electrons. The minimum Gasteiger partial charge on any atom is -0.321 e. The van der Waals surface area contributed by atoms with E-state index < -0.39 is 0 Å². The maximum Gasteiger partial charge on any atom is 0.266 e. The average Bonchev–Trinajstić information content (AvgIpc) is 2.55. The molecule has 1 heterocycles. The normalized spacial score (nSPS) is 12.5. The highest BCUT2D eigenvalue weighted by molar-refractivity contribution is 5.77. The Morgan fingerprint density at radius 2 is 1.76 bits per heavy atom. The van der Waals surface area contributed by atoms with Gasteiger partial charge in [0, 0.05) is 0 Å². The number of hydrogen-bond donors (Lipinski definition) is 1. The summed E-state index contributed by atoms with van der Waals surface area (Å²) in [6.45, 7) is 1.99. The van der Waals surface area contributed by atoms with E-state index in [0.717, 1.165) is 12.1 Å². The molecule has 21 heavy (non-hydrogen) atoms. The van der Waals surface area contributed by atoms with Crippen LogP contribution in [0.1, 0.15) is 25.2 Å². The molecular weight excluding hydrogens is 262 g/mol. The Balaban J connectivity index is 2.40. The second kappa shape index (κ2) is 5.50. The first-order valence-electron chi connectivity index (χ1n) is 7.05. The Hall–Kier alpha value is -2.46. The van der Waals surface area contributed by atoms with E-state index in [9.17, 15) is 4.79 Å². The average molecular weight is 279 g/mol. The van der Waals surface area contributed by atoms with Crippen LogP contribution in [0.3, 0.4) is 0 Å². The van der Waals surface area contributed by atoms with Crippen LogP contribution in [-0.2, 0) is 0 Å². The van der Waals surface area contributed by atoms with Gasteiger partial charge >= 0.3 is 0 Å². The van der Waals surface area contributed by atoms with Gasteiger partial charge in [0.2, 0.25) is 0 Å². The van der Waals surface area contributed by atoms with Gasteiger partial charge in [0.15, 0.2) is 0 Å². The first-order chi connectivity index (χ1) is 10.2. The lowest BCUT2D eigenvalue weighted by atomic mass is 10.1. The summed E-state index contributed by atoms with van der Waals surface area (Å²) in [5, 5.41) is 0.605. The summed E-state index contributed by atoms with van der Waals surface area (Å²) in [6, 6.07) is 16.6. The molecule has 0 bridgehead atoms. The van der Waals surface area contributed by atoms with Crippen LogP contribution in [0.15, 0.2) is 59.4 Å². The molecule has 0 saturated heterocycles. The number of hydrogen-bond acceptors (Lipinski definition) is 3. The van der Waals surface area contributed by atoms with E-state index >= 15 is 0 Å². The fourth-order valence-corrected chi connectivity index (χ4v) is 2.41. The zero-order chi connectivity index (χ0) is 14.8. The van der Waals surface area contributed by atoms with Crippen molar-refractivity contribution < 1.29 is 0 Å². The second-order valence-electron chi connectivity index (χ2n) is 4.98. The van der Waals surface area contributed by atoms with Crippen LogP contribution in [0.2, 0.25) is 0 Å². The number of nitrogens with two attached hydrogens (primary N) is 1. The lowest BCUT2D eigenvalue weighted by Gasteiger charge is -2.17. The molecule has 0 amide bonds. The van der Waals surface area contributed by atoms with Crippen molar-refractivity contribution in [2.24, 2.45) is 5.73 Å². The molecule has 0 aliphatic rings. The summed E-state index contributed by atoms with van der Waals surface area (Å²) in [4.78, 5) is 17.5. The van der Waals surface area contributed by atoms with Crippen LogP contribution in [0.4, 0.5) is 0 Å². The lowest BCUT2D eigenvalue weighted by molar-refractivity contribution is 0.623. The number of benzene rings is 2. The van der Waals surface area contributed by atoms with Gasteiger partial charge in [0.05, 0.1) is 22.6 Å². The van der Waals surface area contributed by atoms with Crippen molar-refractivity contribution in [3.63, 3.8) is 0 Å². The van der Waals surface area contributed by atoms with Gasteiger partial charge in [-0.25, -0.2) is 4.98 Å². The molecule has 0 aliphatic heterocycles. The Morgan fingerprint density at radius 1 is 1.10 bits per heavy atom.